The largest absolute Gasteiger partial charge is 0.161 e. The van der Waals surface area contributed by atoms with E-state index in [1.54, 1.807) is 0 Å². The summed E-state index contributed by atoms with van der Waals surface area (Å²) in [7, 11) is 0. The number of rotatable bonds is 4. The molecule has 0 aliphatic carbocycles. The van der Waals surface area contributed by atoms with E-state index in [0.29, 0.717) is 0 Å². The molecule has 0 bridgehead atoms. The van der Waals surface area contributed by atoms with Crippen LogP contribution in [0.5, 0.6) is 0 Å². The number of halogens is 1. The SMILES string of the molecule is CSCc1ccc(CSC)c(Br)c1. The minimum absolute atomic E-state index is 1.08. The van der Waals surface area contributed by atoms with Crippen LogP contribution in [0.3, 0.4) is 0 Å². The molecule has 0 spiro atoms. The quantitative estimate of drug-likeness (QED) is 0.810. The lowest BCUT2D eigenvalue weighted by atomic mass is 10.2. The van der Waals surface area contributed by atoms with Crippen LogP contribution in [0, 0.1) is 0 Å². The number of benzene rings is 1. The van der Waals surface area contributed by atoms with Crippen molar-refractivity contribution < 1.29 is 0 Å². The second-order valence-corrected chi connectivity index (χ2v) is 5.38. The molecule has 13 heavy (non-hydrogen) atoms. The molecule has 0 aliphatic heterocycles. The van der Waals surface area contributed by atoms with Gasteiger partial charge in [0.15, 0.2) is 0 Å². The molecule has 72 valence electrons. The second-order valence-electron chi connectivity index (χ2n) is 2.79. The molecule has 0 radical (unpaired) electrons. The lowest BCUT2D eigenvalue weighted by Crippen LogP contribution is -1.86. The van der Waals surface area contributed by atoms with Gasteiger partial charge in [0.1, 0.15) is 0 Å². The van der Waals surface area contributed by atoms with E-state index in [9.17, 15) is 0 Å². The Morgan fingerprint density at radius 1 is 1.15 bits per heavy atom. The molecule has 1 aromatic rings. The average Bonchev–Trinajstić information content (AvgIpc) is 2.10. The van der Waals surface area contributed by atoms with E-state index in [-0.39, 0.29) is 0 Å². The van der Waals surface area contributed by atoms with Gasteiger partial charge in [0.25, 0.3) is 0 Å². The maximum atomic E-state index is 3.60. The van der Waals surface area contributed by atoms with E-state index in [1.807, 2.05) is 23.5 Å². The fourth-order valence-corrected chi connectivity index (χ4v) is 2.95. The van der Waals surface area contributed by atoms with E-state index >= 15 is 0 Å². The minimum Gasteiger partial charge on any atom is -0.161 e. The maximum absolute atomic E-state index is 3.60. The van der Waals surface area contributed by atoms with Gasteiger partial charge < -0.3 is 0 Å². The third-order valence-electron chi connectivity index (χ3n) is 1.73. The highest BCUT2D eigenvalue weighted by Crippen LogP contribution is 2.23. The molecule has 0 nitrogen and oxygen atoms in total. The second kappa shape index (κ2) is 5.99. The Hall–Kier alpha value is 0.400. The summed E-state index contributed by atoms with van der Waals surface area (Å²) in [6.45, 7) is 0. The van der Waals surface area contributed by atoms with Crippen molar-refractivity contribution in [2.45, 2.75) is 11.5 Å². The van der Waals surface area contributed by atoms with Gasteiger partial charge in [-0.1, -0.05) is 28.1 Å². The lowest BCUT2D eigenvalue weighted by Gasteiger charge is -2.05. The summed E-state index contributed by atoms with van der Waals surface area (Å²) in [5, 5.41) is 0. The Labute approximate surface area is 97.0 Å². The van der Waals surface area contributed by atoms with Crippen molar-refractivity contribution in [3.8, 4) is 0 Å². The Morgan fingerprint density at radius 3 is 2.38 bits per heavy atom. The van der Waals surface area contributed by atoms with Crippen molar-refractivity contribution in [3.05, 3.63) is 33.8 Å². The molecule has 0 saturated heterocycles. The molecule has 0 aliphatic rings. The van der Waals surface area contributed by atoms with Crippen LogP contribution in [-0.2, 0) is 11.5 Å². The fraction of sp³-hybridized carbons (Fsp3) is 0.400. The van der Waals surface area contributed by atoms with Crippen molar-refractivity contribution in [3.63, 3.8) is 0 Å². The number of hydrogen-bond acceptors (Lipinski definition) is 2. The highest BCUT2D eigenvalue weighted by Gasteiger charge is 2.00. The fourth-order valence-electron chi connectivity index (χ4n) is 1.12. The standard InChI is InChI=1S/C10H13BrS2/c1-12-6-8-3-4-9(7-13-2)10(11)5-8/h3-5H,6-7H2,1-2H3. The van der Waals surface area contributed by atoms with Gasteiger partial charge in [-0.3, -0.25) is 0 Å². The summed E-state index contributed by atoms with van der Waals surface area (Å²) in [6, 6.07) is 6.65. The Balaban J connectivity index is 2.79. The van der Waals surface area contributed by atoms with Crippen LogP contribution < -0.4 is 0 Å². The molecule has 0 aromatic heterocycles. The summed E-state index contributed by atoms with van der Waals surface area (Å²) in [5.74, 6) is 2.18. The molecule has 0 unspecified atom stereocenters. The Morgan fingerprint density at radius 2 is 1.85 bits per heavy atom. The van der Waals surface area contributed by atoms with Gasteiger partial charge >= 0.3 is 0 Å². The first-order valence-corrected chi connectivity index (χ1v) is 7.61. The van der Waals surface area contributed by atoms with Gasteiger partial charge in [0.05, 0.1) is 0 Å². The van der Waals surface area contributed by atoms with Gasteiger partial charge in [-0.15, -0.1) is 0 Å². The highest BCUT2D eigenvalue weighted by molar-refractivity contribution is 9.10. The summed E-state index contributed by atoms with van der Waals surface area (Å²) in [4.78, 5) is 0. The third-order valence-corrected chi connectivity index (χ3v) is 3.69. The monoisotopic (exact) mass is 276 g/mol. The van der Waals surface area contributed by atoms with E-state index in [4.69, 9.17) is 0 Å². The van der Waals surface area contributed by atoms with Crippen LogP contribution in [-0.4, -0.2) is 12.5 Å². The molecule has 0 saturated carbocycles. The van der Waals surface area contributed by atoms with Crippen molar-refractivity contribution in [1.82, 2.24) is 0 Å². The van der Waals surface area contributed by atoms with Crippen LogP contribution in [0.15, 0.2) is 22.7 Å². The van der Waals surface area contributed by atoms with Gasteiger partial charge in [-0.05, 0) is 29.7 Å². The summed E-state index contributed by atoms with van der Waals surface area (Å²) < 4.78 is 1.24. The Bertz CT molecular complexity index is 274. The zero-order valence-corrected chi connectivity index (χ0v) is 11.1. The molecular formula is C10H13BrS2. The van der Waals surface area contributed by atoms with Crippen LogP contribution >= 0.6 is 39.5 Å². The van der Waals surface area contributed by atoms with Crippen molar-refractivity contribution in [2.24, 2.45) is 0 Å². The van der Waals surface area contributed by atoms with Gasteiger partial charge in [-0.2, -0.15) is 23.5 Å². The molecule has 3 heteroatoms. The van der Waals surface area contributed by atoms with Crippen molar-refractivity contribution >= 4 is 39.5 Å². The normalized spacial score (nSPS) is 10.4. The third kappa shape index (κ3) is 3.56. The first kappa shape index (κ1) is 11.5. The summed E-state index contributed by atoms with van der Waals surface area (Å²) in [5.41, 5.74) is 2.78. The highest BCUT2D eigenvalue weighted by atomic mass is 79.9. The first-order chi connectivity index (χ1) is 6.27. The topological polar surface area (TPSA) is 0 Å². The predicted molar refractivity (Wildman–Crippen MR) is 68.6 cm³/mol. The van der Waals surface area contributed by atoms with Crippen LogP contribution in [0.2, 0.25) is 0 Å². The predicted octanol–water partition coefficient (Wildman–Crippen LogP) is 4.18. The zero-order chi connectivity index (χ0) is 9.68. The molecule has 1 aromatic carbocycles. The molecule has 0 N–H and O–H groups in total. The number of hydrogen-bond donors (Lipinski definition) is 0. The van der Waals surface area contributed by atoms with Crippen molar-refractivity contribution in [2.75, 3.05) is 12.5 Å². The van der Waals surface area contributed by atoms with Crippen LogP contribution in [0.1, 0.15) is 11.1 Å². The first-order valence-electron chi connectivity index (χ1n) is 4.03. The zero-order valence-electron chi connectivity index (χ0n) is 7.84. The van der Waals surface area contributed by atoms with Gasteiger partial charge in [0, 0.05) is 16.0 Å². The Kier molecular flexibility index (Phi) is 5.29. The number of thioether (sulfide) groups is 2. The van der Waals surface area contributed by atoms with Gasteiger partial charge in [-0.25, -0.2) is 0 Å². The maximum Gasteiger partial charge on any atom is 0.0218 e. The summed E-state index contributed by atoms with van der Waals surface area (Å²) in [6.07, 6.45) is 4.26. The lowest BCUT2D eigenvalue weighted by molar-refractivity contribution is 1.32. The van der Waals surface area contributed by atoms with Crippen molar-refractivity contribution in [1.29, 1.82) is 0 Å². The molecule has 0 fully saturated rings. The molecular weight excluding hydrogens is 264 g/mol. The minimum atomic E-state index is 1.08. The van der Waals surface area contributed by atoms with E-state index < -0.39 is 0 Å². The average molecular weight is 277 g/mol. The van der Waals surface area contributed by atoms with E-state index in [1.165, 1.54) is 15.6 Å². The van der Waals surface area contributed by atoms with E-state index in [0.717, 1.165) is 11.5 Å². The smallest absolute Gasteiger partial charge is 0.0218 e. The summed E-state index contributed by atoms with van der Waals surface area (Å²) >= 11 is 7.31. The molecule has 0 atom stereocenters. The van der Waals surface area contributed by atoms with Crippen LogP contribution in [0.25, 0.3) is 0 Å². The van der Waals surface area contributed by atoms with Gasteiger partial charge in [0.2, 0.25) is 0 Å². The molecule has 0 amide bonds. The van der Waals surface area contributed by atoms with E-state index in [2.05, 4.69) is 46.6 Å². The molecule has 0 heterocycles. The van der Waals surface area contributed by atoms with Crippen LogP contribution in [0.4, 0.5) is 0 Å². The molecule has 1 rings (SSSR count).